The van der Waals surface area contributed by atoms with E-state index in [1.807, 2.05) is 30.5 Å². The summed E-state index contributed by atoms with van der Waals surface area (Å²) in [5.74, 6) is 0. The fraction of sp³-hybridized carbons (Fsp3) is 0.190. The molecule has 0 radical (unpaired) electrons. The summed E-state index contributed by atoms with van der Waals surface area (Å²) in [6.07, 6.45) is 3.72. The van der Waals surface area contributed by atoms with Gasteiger partial charge in [0.05, 0.1) is 10.7 Å². The van der Waals surface area contributed by atoms with Crippen LogP contribution in [-0.2, 0) is 6.54 Å². The van der Waals surface area contributed by atoms with E-state index in [0.29, 0.717) is 0 Å². The second-order valence-electron chi connectivity index (χ2n) is 6.43. The van der Waals surface area contributed by atoms with Gasteiger partial charge in [-0.25, -0.2) is 0 Å². The standard InChI is InChI=1S/C21H20ClN3/c1-24-11-12-25(21-7-3-2-6-19(21)22)20-9-8-16(13-18(20)15-24)17-5-4-10-23-14-17/h2-10,13-14H,11-12,15H2,1H3. The highest BCUT2D eigenvalue weighted by Gasteiger charge is 2.21. The minimum Gasteiger partial charge on any atom is -0.339 e. The van der Waals surface area contributed by atoms with Gasteiger partial charge < -0.3 is 9.80 Å². The van der Waals surface area contributed by atoms with Crippen molar-refractivity contribution in [1.29, 1.82) is 0 Å². The van der Waals surface area contributed by atoms with E-state index >= 15 is 0 Å². The molecule has 25 heavy (non-hydrogen) atoms. The van der Waals surface area contributed by atoms with Crippen LogP contribution in [0.4, 0.5) is 11.4 Å². The third-order valence-corrected chi connectivity index (χ3v) is 4.97. The molecule has 3 nitrogen and oxygen atoms in total. The molecule has 0 atom stereocenters. The molecule has 1 aliphatic heterocycles. The lowest BCUT2D eigenvalue weighted by molar-refractivity contribution is 0.343. The monoisotopic (exact) mass is 349 g/mol. The molecule has 2 heterocycles. The van der Waals surface area contributed by atoms with Crippen molar-refractivity contribution in [2.24, 2.45) is 0 Å². The summed E-state index contributed by atoms with van der Waals surface area (Å²) in [5, 5.41) is 0.786. The Labute approximate surface area is 153 Å². The second kappa shape index (κ2) is 6.87. The maximum absolute atomic E-state index is 6.48. The number of halogens is 1. The van der Waals surface area contributed by atoms with E-state index in [1.54, 1.807) is 6.20 Å². The maximum Gasteiger partial charge on any atom is 0.0643 e. The Balaban J connectivity index is 1.81. The smallest absolute Gasteiger partial charge is 0.0643 e. The van der Waals surface area contributed by atoms with E-state index in [-0.39, 0.29) is 0 Å². The molecule has 0 saturated carbocycles. The first kappa shape index (κ1) is 16.1. The number of fused-ring (bicyclic) bond motifs is 1. The fourth-order valence-electron chi connectivity index (χ4n) is 3.37. The number of anilines is 2. The summed E-state index contributed by atoms with van der Waals surface area (Å²) in [7, 11) is 2.16. The summed E-state index contributed by atoms with van der Waals surface area (Å²) >= 11 is 6.48. The molecule has 0 amide bonds. The van der Waals surface area contributed by atoms with Crippen molar-refractivity contribution in [2.45, 2.75) is 6.54 Å². The zero-order valence-electron chi connectivity index (χ0n) is 14.2. The highest BCUT2D eigenvalue weighted by atomic mass is 35.5. The first-order valence-electron chi connectivity index (χ1n) is 8.46. The van der Waals surface area contributed by atoms with Crippen molar-refractivity contribution >= 4 is 23.0 Å². The third kappa shape index (κ3) is 3.26. The van der Waals surface area contributed by atoms with E-state index in [4.69, 9.17) is 11.6 Å². The molecule has 1 aromatic heterocycles. The highest BCUT2D eigenvalue weighted by molar-refractivity contribution is 6.33. The van der Waals surface area contributed by atoms with Crippen molar-refractivity contribution in [2.75, 3.05) is 25.0 Å². The van der Waals surface area contributed by atoms with E-state index < -0.39 is 0 Å². The largest absolute Gasteiger partial charge is 0.339 e. The van der Waals surface area contributed by atoms with Crippen LogP contribution >= 0.6 is 11.6 Å². The number of hydrogen-bond acceptors (Lipinski definition) is 3. The maximum atomic E-state index is 6.48. The molecule has 0 N–H and O–H groups in total. The molecule has 0 saturated heterocycles. The molecule has 0 aliphatic carbocycles. The van der Waals surface area contributed by atoms with Crippen LogP contribution in [0.5, 0.6) is 0 Å². The Bertz CT molecular complexity index is 879. The number of para-hydroxylation sites is 1. The van der Waals surface area contributed by atoms with Crippen LogP contribution in [0.2, 0.25) is 5.02 Å². The average Bonchev–Trinajstić information content (AvgIpc) is 2.80. The van der Waals surface area contributed by atoms with Crippen molar-refractivity contribution in [1.82, 2.24) is 9.88 Å². The first-order chi connectivity index (χ1) is 12.2. The van der Waals surface area contributed by atoms with E-state index in [9.17, 15) is 0 Å². The van der Waals surface area contributed by atoms with Gasteiger partial charge >= 0.3 is 0 Å². The Morgan fingerprint density at radius 1 is 0.920 bits per heavy atom. The molecule has 126 valence electrons. The van der Waals surface area contributed by atoms with Crippen LogP contribution in [-0.4, -0.2) is 30.0 Å². The molecule has 4 heteroatoms. The number of aromatic nitrogens is 1. The minimum atomic E-state index is 0.786. The fourth-order valence-corrected chi connectivity index (χ4v) is 3.61. The van der Waals surface area contributed by atoms with Gasteiger partial charge in [-0.2, -0.15) is 0 Å². The molecular weight excluding hydrogens is 330 g/mol. The minimum absolute atomic E-state index is 0.786. The van der Waals surface area contributed by atoms with Gasteiger partial charge in [-0.3, -0.25) is 4.98 Å². The Morgan fingerprint density at radius 3 is 2.60 bits per heavy atom. The first-order valence-corrected chi connectivity index (χ1v) is 8.84. The van der Waals surface area contributed by atoms with Gasteiger partial charge in [0.2, 0.25) is 0 Å². The summed E-state index contributed by atoms with van der Waals surface area (Å²) in [4.78, 5) is 8.92. The highest BCUT2D eigenvalue weighted by Crippen LogP contribution is 2.37. The Kier molecular flexibility index (Phi) is 4.43. The zero-order chi connectivity index (χ0) is 17.2. The molecule has 0 bridgehead atoms. The lowest BCUT2D eigenvalue weighted by atomic mass is 10.0. The number of nitrogens with zero attached hydrogens (tertiary/aromatic N) is 3. The quantitative estimate of drug-likeness (QED) is 0.650. The van der Waals surface area contributed by atoms with Gasteiger partial charge in [0.25, 0.3) is 0 Å². The van der Waals surface area contributed by atoms with E-state index in [2.05, 4.69) is 52.2 Å². The normalized spacial score (nSPS) is 14.9. The number of likely N-dealkylation sites (N-methyl/N-ethyl adjacent to an activating group) is 1. The van der Waals surface area contributed by atoms with Crippen LogP contribution in [0.3, 0.4) is 0 Å². The van der Waals surface area contributed by atoms with Gasteiger partial charge in [-0.05, 0) is 54.1 Å². The summed E-state index contributed by atoms with van der Waals surface area (Å²) < 4.78 is 0. The summed E-state index contributed by atoms with van der Waals surface area (Å²) in [5.41, 5.74) is 5.93. The topological polar surface area (TPSA) is 19.4 Å². The Hall–Kier alpha value is -2.36. The molecule has 4 rings (SSSR count). The SMILES string of the molecule is CN1CCN(c2ccccc2Cl)c2ccc(-c3cccnc3)cc2C1. The number of pyridine rings is 1. The van der Waals surface area contributed by atoms with Crippen molar-refractivity contribution in [3.63, 3.8) is 0 Å². The molecule has 3 aromatic rings. The van der Waals surface area contributed by atoms with Crippen molar-refractivity contribution in [3.05, 3.63) is 77.6 Å². The van der Waals surface area contributed by atoms with Gasteiger partial charge in [0.1, 0.15) is 0 Å². The molecule has 0 fully saturated rings. The van der Waals surface area contributed by atoms with Gasteiger partial charge in [0, 0.05) is 37.7 Å². The average molecular weight is 350 g/mol. The second-order valence-corrected chi connectivity index (χ2v) is 6.83. The van der Waals surface area contributed by atoms with Crippen LogP contribution in [0.1, 0.15) is 5.56 Å². The number of rotatable bonds is 2. The van der Waals surface area contributed by atoms with E-state index in [0.717, 1.165) is 35.9 Å². The summed E-state index contributed by atoms with van der Waals surface area (Å²) in [6, 6.07) is 18.8. The Morgan fingerprint density at radius 2 is 1.80 bits per heavy atom. The predicted octanol–water partition coefficient (Wildman–Crippen LogP) is 4.99. The zero-order valence-corrected chi connectivity index (χ0v) is 14.9. The van der Waals surface area contributed by atoms with Crippen LogP contribution in [0.25, 0.3) is 11.1 Å². The molecular formula is C21H20ClN3. The summed E-state index contributed by atoms with van der Waals surface area (Å²) in [6.45, 7) is 2.83. The van der Waals surface area contributed by atoms with Crippen molar-refractivity contribution in [3.8, 4) is 11.1 Å². The van der Waals surface area contributed by atoms with Gasteiger partial charge in [-0.1, -0.05) is 35.9 Å². The number of hydrogen-bond donors (Lipinski definition) is 0. The van der Waals surface area contributed by atoms with Crippen LogP contribution in [0, 0.1) is 0 Å². The molecule has 0 unspecified atom stereocenters. The predicted molar refractivity (Wildman–Crippen MR) is 104 cm³/mol. The van der Waals surface area contributed by atoms with E-state index in [1.165, 1.54) is 16.8 Å². The molecule has 2 aromatic carbocycles. The lowest BCUT2D eigenvalue weighted by Gasteiger charge is -2.26. The third-order valence-electron chi connectivity index (χ3n) is 4.65. The molecule has 1 aliphatic rings. The van der Waals surface area contributed by atoms with Crippen molar-refractivity contribution < 1.29 is 0 Å². The van der Waals surface area contributed by atoms with Crippen LogP contribution < -0.4 is 4.90 Å². The molecule has 0 spiro atoms. The number of benzene rings is 2. The lowest BCUT2D eigenvalue weighted by Crippen LogP contribution is -2.26. The van der Waals surface area contributed by atoms with Gasteiger partial charge in [-0.15, -0.1) is 0 Å². The van der Waals surface area contributed by atoms with Gasteiger partial charge in [0.15, 0.2) is 0 Å². The van der Waals surface area contributed by atoms with Crippen LogP contribution in [0.15, 0.2) is 67.0 Å².